The van der Waals surface area contributed by atoms with E-state index in [0.717, 1.165) is 48.9 Å². The molecule has 0 saturated carbocycles. The first kappa shape index (κ1) is 18.8. The van der Waals surface area contributed by atoms with Crippen molar-refractivity contribution < 1.29 is 13.9 Å². The van der Waals surface area contributed by atoms with Crippen molar-refractivity contribution in [3.05, 3.63) is 53.1 Å². The molecule has 0 aliphatic carbocycles. The van der Waals surface area contributed by atoms with Gasteiger partial charge in [-0.2, -0.15) is 0 Å². The number of ether oxygens (including phenoxy) is 1. The first-order valence-corrected chi connectivity index (χ1v) is 9.84. The average molecular weight is 384 g/mol. The van der Waals surface area contributed by atoms with Crippen LogP contribution in [0, 0.1) is 5.82 Å². The number of likely N-dealkylation sites (tertiary alicyclic amines) is 1. The fourth-order valence-electron chi connectivity index (χ4n) is 4.17. The van der Waals surface area contributed by atoms with Crippen molar-refractivity contribution in [2.24, 2.45) is 0 Å². The van der Waals surface area contributed by atoms with Gasteiger partial charge in [0.25, 0.3) is 0 Å². The molecule has 1 aromatic heterocycles. The van der Waals surface area contributed by atoms with Gasteiger partial charge in [0.1, 0.15) is 11.4 Å². The Morgan fingerprint density at radius 2 is 2.00 bits per heavy atom. The molecule has 0 unspecified atom stereocenters. The van der Waals surface area contributed by atoms with Crippen molar-refractivity contribution in [1.29, 1.82) is 0 Å². The van der Waals surface area contributed by atoms with Gasteiger partial charge in [-0.15, -0.1) is 0 Å². The number of anilines is 1. The number of carbonyl (C=O) groups excluding carboxylic acids is 1. The third-order valence-electron chi connectivity index (χ3n) is 5.76. The van der Waals surface area contributed by atoms with Gasteiger partial charge in [-0.05, 0) is 55.4 Å². The summed E-state index contributed by atoms with van der Waals surface area (Å²) in [6, 6.07) is 6.46. The second-order valence-corrected chi connectivity index (χ2v) is 7.56. The van der Waals surface area contributed by atoms with E-state index in [9.17, 15) is 9.18 Å². The molecule has 2 aliphatic rings. The molecule has 4 rings (SSSR count). The van der Waals surface area contributed by atoms with Crippen LogP contribution in [0.4, 0.5) is 10.3 Å². The maximum absolute atomic E-state index is 13.0. The molecule has 1 spiro atoms. The zero-order valence-corrected chi connectivity index (χ0v) is 15.9. The Kier molecular flexibility index (Phi) is 5.26. The molecule has 0 bridgehead atoms. The molecule has 0 radical (unpaired) electrons. The van der Waals surface area contributed by atoms with Crippen LogP contribution < -0.4 is 5.73 Å². The van der Waals surface area contributed by atoms with Crippen LogP contribution in [0.1, 0.15) is 42.5 Å². The van der Waals surface area contributed by atoms with E-state index in [4.69, 9.17) is 10.5 Å². The van der Waals surface area contributed by atoms with Crippen LogP contribution in [0.5, 0.6) is 0 Å². The number of fused-ring (bicyclic) bond motifs is 2. The minimum atomic E-state index is -0.449. The number of nitrogens with zero attached hydrogens (tertiary/aromatic N) is 3. The fourth-order valence-corrected chi connectivity index (χ4v) is 4.17. The van der Waals surface area contributed by atoms with E-state index in [-0.39, 0.29) is 17.7 Å². The number of benzene rings is 1. The molecular weight excluding hydrogens is 359 g/mol. The normalized spacial score (nSPS) is 18.1. The second kappa shape index (κ2) is 7.83. The van der Waals surface area contributed by atoms with Crippen LogP contribution in [-0.4, -0.2) is 40.5 Å². The van der Waals surface area contributed by atoms with Gasteiger partial charge in [0.05, 0.1) is 12.3 Å². The minimum Gasteiger partial charge on any atom is -0.368 e. The van der Waals surface area contributed by atoms with Gasteiger partial charge in [0.15, 0.2) is 0 Å². The summed E-state index contributed by atoms with van der Waals surface area (Å²) in [6.45, 7) is 1.95. The molecule has 2 N–H and O–H groups in total. The first-order chi connectivity index (χ1) is 13.6. The van der Waals surface area contributed by atoms with Crippen molar-refractivity contribution in [3.63, 3.8) is 0 Å². The largest absolute Gasteiger partial charge is 0.368 e. The lowest BCUT2D eigenvalue weighted by Crippen LogP contribution is -2.49. The van der Waals surface area contributed by atoms with E-state index >= 15 is 0 Å². The lowest BCUT2D eigenvalue weighted by atomic mass is 9.83. The van der Waals surface area contributed by atoms with Crippen molar-refractivity contribution >= 4 is 11.9 Å². The third-order valence-corrected chi connectivity index (χ3v) is 5.76. The SMILES string of the molecule is Nc1ncc2c(n1)C1(CCN(C(=O)CCCc3ccc(F)cc3)CC1)OCC2. The number of piperidine rings is 1. The summed E-state index contributed by atoms with van der Waals surface area (Å²) in [6.07, 6.45) is 6.07. The highest BCUT2D eigenvalue weighted by atomic mass is 19.1. The van der Waals surface area contributed by atoms with Gasteiger partial charge in [-0.25, -0.2) is 14.4 Å². The molecule has 1 amide bonds. The summed E-state index contributed by atoms with van der Waals surface area (Å²) in [4.78, 5) is 23.1. The Labute approximate surface area is 163 Å². The second-order valence-electron chi connectivity index (χ2n) is 7.56. The van der Waals surface area contributed by atoms with E-state index < -0.39 is 5.60 Å². The van der Waals surface area contributed by atoms with E-state index in [1.165, 1.54) is 12.1 Å². The number of nitrogen functional groups attached to an aromatic ring is 1. The molecule has 1 saturated heterocycles. The Bertz CT molecular complexity index is 848. The number of halogens is 1. The highest BCUT2D eigenvalue weighted by Gasteiger charge is 2.43. The number of aryl methyl sites for hydroxylation is 1. The van der Waals surface area contributed by atoms with E-state index in [2.05, 4.69) is 9.97 Å². The number of hydrogen-bond acceptors (Lipinski definition) is 5. The van der Waals surface area contributed by atoms with Crippen LogP contribution in [0.15, 0.2) is 30.5 Å². The Hall–Kier alpha value is -2.54. The number of nitrogens with two attached hydrogens (primary N) is 1. The van der Waals surface area contributed by atoms with Gasteiger partial charge < -0.3 is 15.4 Å². The molecule has 7 heteroatoms. The molecule has 1 aromatic carbocycles. The summed E-state index contributed by atoms with van der Waals surface area (Å²) in [5.74, 6) is 0.193. The highest BCUT2D eigenvalue weighted by molar-refractivity contribution is 5.76. The number of rotatable bonds is 4. The predicted octanol–water partition coefficient (Wildman–Crippen LogP) is 2.61. The van der Waals surface area contributed by atoms with Gasteiger partial charge in [-0.1, -0.05) is 12.1 Å². The topological polar surface area (TPSA) is 81.3 Å². The quantitative estimate of drug-likeness (QED) is 0.876. The molecular formula is C21H25FN4O2. The standard InChI is InChI=1S/C21H25FN4O2/c22-17-6-4-15(5-7-17)2-1-3-18(27)26-11-9-21(10-12-26)19-16(8-13-28-21)14-24-20(23)25-19/h4-7,14H,1-3,8-13H2,(H2,23,24,25). The van der Waals surface area contributed by atoms with E-state index in [0.29, 0.717) is 26.1 Å². The Morgan fingerprint density at radius 1 is 1.25 bits per heavy atom. The molecule has 2 aromatic rings. The number of hydrogen-bond donors (Lipinski definition) is 1. The zero-order chi connectivity index (χ0) is 19.6. The number of carbonyl (C=O) groups is 1. The summed E-state index contributed by atoms with van der Waals surface area (Å²) in [5, 5.41) is 0. The smallest absolute Gasteiger partial charge is 0.222 e. The fraction of sp³-hybridized carbons (Fsp3) is 0.476. The lowest BCUT2D eigenvalue weighted by Gasteiger charge is -2.44. The van der Waals surface area contributed by atoms with Gasteiger partial charge in [-0.3, -0.25) is 4.79 Å². The van der Waals surface area contributed by atoms with Crippen LogP contribution in [-0.2, 0) is 28.0 Å². The summed E-state index contributed by atoms with van der Waals surface area (Å²) in [7, 11) is 0. The van der Waals surface area contributed by atoms with Crippen molar-refractivity contribution in [2.45, 2.75) is 44.1 Å². The summed E-state index contributed by atoms with van der Waals surface area (Å²) in [5.41, 5.74) is 8.39. The average Bonchev–Trinajstić information content (AvgIpc) is 2.71. The molecule has 1 fully saturated rings. The van der Waals surface area contributed by atoms with Gasteiger partial charge in [0.2, 0.25) is 11.9 Å². The Balaban J connectivity index is 1.32. The monoisotopic (exact) mass is 384 g/mol. The molecule has 3 heterocycles. The number of aromatic nitrogens is 2. The van der Waals surface area contributed by atoms with Crippen LogP contribution in [0.25, 0.3) is 0 Å². The number of amides is 1. The molecule has 0 atom stereocenters. The van der Waals surface area contributed by atoms with Crippen LogP contribution in [0.2, 0.25) is 0 Å². The minimum absolute atomic E-state index is 0.162. The molecule has 148 valence electrons. The van der Waals surface area contributed by atoms with Crippen molar-refractivity contribution in [2.75, 3.05) is 25.4 Å². The van der Waals surface area contributed by atoms with Crippen molar-refractivity contribution in [1.82, 2.24) is 14.9 Å². The molecule has 6 nitrogen and oxygen atoms in total. The van der Waals surface area contributed by atoms with Crippen molar-refractivity contribution in [3.8, 4) is 0 Å². The van der Waals surface area contributed by atoms with E-state index in [1.54, 1.807) is 18.3 Å². The van der Waals surface area contributed by atoms with Crippen LogP contribution in [0.3, 0.4) is 0 Å². The summed E-state index contributed by atoms with van der Waals surface area (Å²) >= 11 is 0. The zero-order valence-electron chi connectivity index (χ0n) is 15.9. The van der Waals surface area contributed by atoms with Gasteiger partial charge >= 0.3 is 0 Å². The molecule has 28 heavy (non-hydrogen) atoms. The van der Waals surface area contributed by atoms with Crippen LogP contribution >= 0.6 is 0 Å². The summed E-state index contributed by atoms with van der Waals surface area (Å²) < 4.78 is 19.1. The maximum atomic E-state index is 13.0. The maximum Gasteiger partial charge on any atom is 0.222 e. The third kappa shape index (κ3) is 3.85. The lowest BCUT2D eigenvalue weighted by molar-refractivity contribution is -0.141. The highest BCUT2D eigenvalue weighted by Crippen LogP contribution is 2.40. The Morgan fingerprint density at radius 3 is 2.75 bits per heavy atom. The first-order valence-electron chi connectivity index (χ1n) is 9.84. The molecule has 2 aliphatic heterocycles. The predicted molar refractivity (Wildman–Crippen MR) is 103 cm³/mol. The van der Waals surface area contributed by atoms with Gasteiger partial charge in [0, 0.05) is 25.7 Å². The van der Waals surface area contributed by atoms with E-state index in [1.807, 2.05) is 4.90 Å².